The van der Waals surface area contributed by atoms with Gasteiger partial charge in [-0.1, -0.05) is 44.2 Å². The first-order chi connectivity index (χ1) is 6.25. The number of methoxy groups -OCH3 is 1. The van der Waals surface area contributed by atoms with E-state index in [4.69, 9.17) is 4.74 Å². The highest BCUT2D eigenvalue weighted by atomic mass is 16.5. The largest absolute Gasteiger partial charge is 0.384 e. The molecule has 0 amide bonds. The molecule has 0 fully saturated rings. The molecule has 0 heterocycles. The van der Waals surface area contributed by atoms with Gasteiger partial charge in [-0.05, 0) is 11.5 Å². The summed E-state index contributed by atoms with van der Waals surface area (Å²) < 4.78 is 5.22. The van der Waals surface area contributed by atoms with Crippen LogP contribution in [0.15, 0.2) is 30.3 Å². The summed E-state index contributed by atoms with van der Waals surface area (Å²) in [6, 6.07) is 10.6. The van der Waals surface area contributed by atoms with E-state index < -0.39 is 0 Å². The standard InChI is InChI=1S/C12H18O/c1-10(2)12(9-13-3)11-7-5-4-6-8-11/h4-8,10,12H,9H2,1-3H3. The first kappa shape index (κ1) is 10.3. The molecule has 1 unspecified atom stereocenters. The maximum atomic E-state index is 5.22. The molecule has 0 bridgehead atoms. The fourth-order valence-corrected chi connectivity index (χ4v) is 1.55. The van der Waals surface area contributed by atoms with Crippen LogP contribution in [-0.2, 0) is 4.74 Å². The zero-order valence-corrected chi connectivity index (χ0v) is 8.66. The fraction of sp³-hybridized carbons (Fsp3) is 0.500. The molecule has 0 saturated heterocycles. The van der Waals surface area contributed by atoms with E-state index in [0.717, 1.165) is 6.61 Å². The average molecular weight is 178 g/mol. The van der Waals surface area contributed by atoms with Gasteiger partial charge in [0.2, 0.25) is 0 Å². The summed E-state index contributed by atoms with van der Waals surface area (Å²) in [5.74, 6) is 1.15. The Bertz CT molecular complexity index is 228. The summed E-state index contributed by atoms with van der Waals surface area (Å²) in [4.78, 5) is 0. The van der Waals surface area contributed by atoms with E-state index in [1.165, 1.54) is 5.56 Å². The molecule has 1 aromatic carbocycles. The zero-order chi connectivity index (χ0) is 9.68. The van der Waals surface area contributed by atoms with Crippen LogP contribution in [0.2, 0.25) is 0 Å². The van der Waals surface area contributed by atoms with Crippen LogP contribution in [-0.4, -0.2) is 13.7 Å². The van der Waals surface area contributed by atoms with E-state index in [2.05, 4.69) is 38.1 Å². The molecule has 1 rings (SSSR count). The van der Waals surface area contributed by atoms with Crippen LogP contribution in [0.5, 0.6) is 0 Å². The third-order valence-electron chi connectivity index (χ3n) is 2.38. The van der Waals surface area contributed by atoms with Gasteiger partial charge in [-0.3, -0.25) is 0 Å². The van der Waals surface area contributed by atoms with Crippen molar-refractivity contribution in [2.75, 3.05) is 13.7 Å². The van der Waals surface area contributed by atoms with Gasteiger partial charge in [0.1, 0.15) is 0 Å². The van der Waals surface area contributed by atoms with Gasteiger partial charge in [-0.2, -0.15) is 0 Å². The van der Waals surface area contributed by atoms with Crippen molar-refractivity contribution in [2.45, 2.75) is 19.8 Å². The van der Waals surface area contributed by atoms with Crippen molar-refractivity contribution in [2.24, 2.45) is 5.92 Å². The van der Waals surface area contributed by atoms with Crippen LogP contribution in [0.1, 0.15) is 25.3 Å². The van der Waals surface area contributed by atoms with Crippen molar-refractivity contribution in [3.05, 3.63) is 35.9 Å². The lowest BCUT2D eigenvalue weighted by Crippen LogP contribution is -2.12. The molecular formula is C12H18O. The third-order valence-corrected chi connectivity index (χ3v) is 2.38. The molecule has 0 spiro atoms. The Labute approximate surface area is 80.7 Å². The average Bonchev–Trinajstić information content (AvgIpc) is 2.15. The van der Waals surface area contributed by atoms with Gasteiger partial charge in [-0.25, -0.2) is 0 Å². The molecule has 0 aromatic heterocycles. The molecule has 0 saturated carbocycles. The van der Waals surface area contributed by atoms with Crippen molar-refractivity contribution < 1.29 is 4.74 Å². The molecule has 72 valence electrons. The SMILES string of the molecule is COCC(c1ccccc1)C(C)C. The van der Waals surface area contributed by atoms with E-state index in [0.29, 0.717) is 11.8 Å². The molecule has 1 heteroatoms. The van der Waals surface area contributed by atoms with Gasteiger partial charge in [0, 0.05) is 13.0 Å². The second-order valence-corrected chi connectivity index (χ2v) is 3.72. The van der Waals surface area contributed by atoms with E-state index >= 15 is 0 Å². The summed E-state index contributed by atoms with van der Waals surface area (Å²) in [6.45, 7) is 5.27. The van der Waals surface area contributed by atoms with Gasteiger partial charge >= 0.3 is 0 Å². The second-order valence-electron chi connectivity index (χ2n) is 3.72. The molecule has 1 aromatic rings. The van der Waals surface area contributed by atoms with E-state index in [-0.39, 0.29) is 0 Å². The van der Waals surface area contributed by atoms with Gasteiger partial charge in [0.15, 0.2) is 0 Å². The number of hydrogen-bond acceptors (Lipinski definition) is 1. The Hall–Kier alpha value is -0.820. The summed E-state index contributed by atoms with van der Waals surface area (Å²) >= 11 is 0. The normalized spacial score (nSPS) is 13.2. The highest BCUT2D eigenvalue weighted by Crippen LogP contribution is 2.23. The minimum absolute atomic E-state index is 0.520. The first-order valence-electron chi connectivity index (χ1n) is 4.79. The molecule has 0 N–H and O–H groups in total. The monoisotopic (exact) mass is 178 g/mol. The molecule has 1 nitrogen and oxygen atoms in total. The minimum Gasteiger partial charge on any atom is -0.384 e. The number of benzene rings is 1. The molecule has 13 heavy (non-hydrogen) atoms. The molecule has 0 aliphatic carbocycles. The number of rotatable bonds is 4. The number of hydrogen-bond donors (Lipinski definition) is 0. The third kappa shape index (κ3) is 2.85. The second kappa shape index (κ2) is 5.03. The summed E-state index contributed by atoms with van der Waals surface area (Å²) in [7, 11) is 1.76. The van der Waals surface area contributed by atoms with Crippen LogP contribution in [0.3, 0.4) is 0 Å². The maximum absolute atomic E-state index is 5.22. The quantitative estimate of drug-likeness (QED) is 0.688. The highest BCUT2D eigenvalue weighted by Gasteiger charge is 2.14. The molecule has 1 atom stereocenters. The van der Waals surface area contributed by atoms with Crippen LogP contribution in [0.25, 0.3) is 0 Å². The van der Waals surface area contributed by atoms with Crippen LogP contribution in [0.4, 0.5) is 0 Å². The van der Waals surface area contributed by atoms with Gasteiger partial charge in [0.25, 0.3) is 0 Å². The Morgan fingerprint density at radius 1 is 1.15 bits per heavy atom. The van der Waals surface area contributed by atoms with E-state index in [9.17, 15) is 0 Å². The summed E-state index contributed by atoms with van der Waals surface area (Å²) in [5, 5.41) is 0. The number of ether oxygens (including phenoxy) is 1. The predicted octanol–water partition coefficient (Wildman–Crippen LogP) is 3.07. The van der Waals surface area contributed by atoms with Gasteiger partial charge in [0.05, 0.1) is 6.61 Å². The Balaban J connectivity index is 2.76. The molecule has 0 radical (unpaired) electrons. The van der Waals surface area contributed by atoms with Crippen LogP contribution < -0.4 is 0 Å². The van der Waals surface area contributed by atoms with Crippen molar-refractivity contribution in [3.8, 4) is 0 Å². The Morgan fingerprint density at radius 3 is 2.23 bits per heavy atom. The summed E-state index contributed by atoms with van der Waals surface area (Å²) in [6.07, 6.45) is 0. The first-order valence-corrected chi connectivity index (χ1v) is 4.79. The predicted molar refractivity (Wildman–Crippen MR) is 55.9 cm³/mol. The van der Waals surface area contributed by atoms with Crippen molar-refractivity contribution in [1.29, 1.82) is 0 Å². The van der Waals surface area contributed by atoms with E-state index in [1.54, 1.807) is 7.11 Å². The van der Waals surface area contributed by atoms with Crippen LogP contribution in [0, 0.1) is 5.92 Å². The van der Waals surface area contributed by atoms with Crippen molar-refractivity contribution >= 4 is 0 Å². The fourth-order valence-electron chi connectivity index (χ4n) is 1.55. The summed E-state index contributed by atoms with van der Waals surface area (Å²) in [5.41, 5.74) is 1.37. The topological polar surface area (TPSA) is 9.23 Å². The van der Waals surface area contributed by atoms with Gasteiger partial charge in [-0.15, -0.1) is 0 Å². The maximum Gasteiger partial charge on any atom is 0.0533 e. The Morgan fingerprint density at radius 2 is 1.77 bits per heavy atom. The smallest absolute Gasteiger partial charge is 0.0533 e. The zero-order valence-electron chi connectivity index (χ0n) is 8.66. The van der Waals surface area contributed by atoms with E-state index in [1.807, 2.05) is 6.07 Å². The Kier molecular flexibility index (Phi) is 3.97. The molecular weight excluding hydrogens is 160 g/mol. The van der Waals surface area contributed by atoms with Gasteiger partial charge < -0.3 is 4.74 Å². The highest BCUT2D eigenvalue weighted by molar-refractivity contribution is 5.20. The van der Waals surface area contributed by atoms with Crippen LogP contribution >= 0.6 is 0 Å². The minimum atomic E-state index is 0.520. The lowest BCUT2D eigenvalue weighted by Gasteiger charge is -2.20. The van der Waals surface area contributed by atoms with Crippen molar-refractivity contribution in [1.82, 2.24) is 0 Å². The molecule has 0 aliphatic rings. The molecule has 0 aliphatic heterocycles. The lowest BCUT2D eigenvalue weighted by atomic mass is 9.89. The lowest BCUT2D eigenvalue weighted by molar-refractivity contribution is 0.162. The van der Waals surface area contributed by atoms with Crippen molar-refractivity contribution in [3.63, 3.8) is 0 Å².